The maximum Gasteiger partial charge on any atom is 0.318 e. The summed E-state index contributed by atoms with van der Waals surface area (Å²) < 4.78 is 5.79. The van der Waals surface area contributed by atoms with E-state index in [1.54, 1.807) is 6.92 Å². The highest BCUT2D eigenvalue weighted by Gasteiger charge is 2.35. The van der Waals surface area contributed by atoms with E-state index < -0.39 is 0 Å². The molecular formula is C15H25N5O2. The van der Waals surface area contributed by atoms with Crippen LogP contribution >= 0.6 is 0 Å². The predicted molar refractivity (Wildman–Crippen MR) is 82.5 cm³/mol. The Hall–Kier alpha value is -1.63. The zero-order chi connectivity index (χ0) is 15.7. The Morgan fingerprint density at radius 2 is 1.91 bits per heavy atom. The number of anilines is 1. The summed E-state index contributed by atoms with van der Waals surface area (Å²) in [5.41, 5.74) is -0.165. The van der Waals surface area contributed by atoms with Crippen LogP contribution in [0.4, 0.5) is 6.01 Å². The Morgan fingerprint density at radius 1 is 1.18 bits per heavy atom. The van der Waals surface area contributed by atoms with Crippen LogP contribution in [0.2, 0.25) is 0 Å². The Kier molecular flexibility index (Phi) is 4.08. The van der Waals surface area contributed by atoms with Crippen molar-refractivity contribution in [3.8, 4) is 0 Å². The van der Waals surface area contributed by atoms with Gasteiger partial charge in [-0.25, -0.2) is 0 Å². The van der Waals surface area contributed by atoms with Crippen molar-refractivity contribution in [1.82, 2.24) is 20.0 Å². The number of hydrogen-bond acceptors (Lipinski definition) is 6. The largest absolute Gasteiger partial charge is 0.407 e. The van der Waals surface area contributed by atoms with Crippen molar-refractivity contribution in [2.45, 2.75) is 45.7 Å². The molecule has 0 atom stereocenters. The number of aromatic nitrogens is 2. The lowest BCUT2D eigenvalue weighted by atomic mass is 9.99. The summed E-state index contributed by atoms with van der Waals surface area (Å²) in [6, 6.07) is 0.647. The highest BCUT2D eigenvalue weighted by Crippen LogP contribution is 2.23. The molecule has 3 rings (SSSR count). The van der Waals surface area contributed by atoms with Gasteiger partial charge in [0.15, 0.2) is 0 Å². The Morgan fingerprint density at radius 3 is 2.55 bits per heavy atom. The molecule has 7 heteroatoms. The zero-order valence-electron chi connectivity index (χ0n) is 13.7. The van der Waals surface area contributed by atoms with Crippen molar-refractivity contribution in [3.63, 3.8) is 0 Å². The minimum atomic E-state index is -0.165. The fourth-order valence-electron chi connectivity index (χ4n) is 3.51. The van der Waals surface area contributed by atoms with Crippen LogP contribution in [0.1, 0.15) is 39.5 Å². The number of rotatable bonds is 3. The van der Waals surface area contributed by atoms with Crippen LogP contribution in [-0.4, -0.2) is 64.2 Å². The number of amides is 1. The van der Waals surface area contributed by atoms with Gasteiger partial charge in [0.2, 0.25) is 11.8 Å². The Balaban J connectivity index is 1.61. The highest BCUT2D eigenvalue weighted by atomic mass is 16.4. The van der Waals surface area contributed by atoms with E-state index in [1.165, 1.54) is 12.8 Å². The predicted octanol–water partition coefficient (Wildman–Crippen LogP) is 1.11. The second kappa shape index (κ2) is 5.87. The minimum absolute atomic E-state index is 0.138. The van der Waals surface area contributed by atoms with E-state index in [4.69, 9.17) is 4.42 Å². The molecule has 2 saturated heterocycles. The van der Waals surface area contributed by atoms with E-state index in [9.17, 15) is 4.79 Å². The van der Waals surface area contributed by atoms with Crippen molar-refractivity contribution in [2.75, 3.05) is 37.6 Å². The molecule has 2 fully saturated rings. The number of carbonyl (C=O) groups excluding carboxylic acids is 1. The first kappa shape index (κ1) is 15.3. The van der Waals surface area contributed by atoms with Gasteiger partial charge in [0.25, 0.3) is 0 Å². The molecule has 0 unspecified atom stereocenters. The molecule has 0 spiro atoms. The maximum absolute atomic E-state index is 11.7. The van der Waals surface area contributed by atoms with Crippen LogP contribution in [0.3, 0.4) is 0 Å². The van der Waals surface area contributed by atoms with Gasteiger partial charge in [0.05, 0.1) is 6.54 Å². The monoisotopic (exact) mass is 307 g/mol. The first-order valence-electron chi connectivity index (χ1n) is 8.03. The summed E-state index contributed by atoms with van der Waals surface area (Å²) in [5, 5.41) is 8.34. The molecular weight excluding hydrogens is 282 g/mol. The molecule has 1 aromatic rings. The van der Waals surface area contributed by atoms with Crippen LogP contribution in [0, 0.1) is 0 Å². The fourth-order valence-corrected chi connectivity index (χ4v) is 3.51. The van der Waals surface area contributed by atoms with Gasteiger partial charge in [-0.1, -0.05) is 5.10 Å². The van der Waals surface area contributed by atoms with Crippen LogP contribution in [0.15, 0.2) is 4.42 Å². The number of nitrogens with zero attached hydrogens (tertiary/aromatic N) is 5. The quantitative estimate of drug-likeness (QED) is 0.833. The normalized spacial score (nSPS) is 22.3. The summed E-state index contributed by atoms with van der Waals surface area (Å²) in [6.07, 6.45) is 2.39. The Labute approximate surface area is 131 Å². The topological polar surface area (TPSA) is 65.7 Å². The molecule has 1 amide bonds. The molecule has 122 valence electrons. The standard InChI is InChI=1S/C15H25N5O2/c1-12(21)20-9-8-18(11-15(20,2)3)10-13-16-17-14(22-13)19-6-4-5-7-19/h4-11H2,1-3H3. The van der Waals surface area contributed by atoms with Crippen LogP contribution < -0.4 is 4.90 Å². The smallest absolute Gasteiger partial charge is 0.318 e. The molecule has 0 radical (unpaired) electrons. The van der Waals surface area contributed by atoms with E-state index in [0.717, 1.165) is 32.7 Å². The lowest BCUT2D eigenvalue weighted by molar-refractivity contribution is -0.138. The average molecular weight is 307 g/mol. The second-order valence-corrected chi connectivity index (χ2v) is 6.87. The zero-order valence-corrected chi connectivity index (χ0v) is 13.7. The summed E-state index contributed by atoms with van der Waals surface area (Å²) in [5.74, 6) is 0.799. The number of piperazine rings is 1. The minimum Gasteiger partial charge on any atom is -0.407 e. The van der Waals surface area contributed by atoms with Crippen molar-refractivity contribution in [1.29, 1.82) is 0 Å². The molecule has 2 aliphatic rings. The molecule has 0 saturated carbocycles. The molecule has 22 heavy (non-hydrogen) atoms. The van der Waals surface area contributed by atoms with E-state index in [-0.39, 0.29) is 11.4 Å². The van der Waals surface area contributed by atoms with Crippen LogP contribution in [0.25, 0.3) is 0 Å². The van der Waals surface area contributed by atoms with Crippen LogP contribution in [0.5, 0.6) is 0 Å². The van der Waals surface area contributed by atoms with Gasteiger partial charge in [-0.3, -0.25) is 9.69 Å². The summed E-state index contributed by atoms with van der Waals surface area (Å²) in [4.78, 5) is 18.1. The van der Waals surface area contributed by atoms with Gasteiger partial charge in [-0.05, 0) is 26.7 Å². The fraction of sp³-hybridized carbons (Fsp3) is 0.800. The lowest BCUT2D eigenvalue weighted by Crippen LogP contribution is -2.60. The third-order valence-electron chi connectivity index (χ3n) is 4.55. The summed E-state index contributed by atoms with van der Waals surface area (Å²) in [7, 11) is 0. The first-order chi connectivity index (χ1) is 10.5. The van der Waals surface area contributed by atoms with Gasteiger partial charge >= 0.3 is 6.01 Å². The van der Waals surface area contributed by atoms with Gasteiger partial charge < -0.3 is 14.2 Å². The third-order valence-corrected chi connectivity index (χ3v) is 4.55. The second-order valence-electron chi connectivity index (χ2n) is 6.87. The molecule has 1 aromatic heterocycles. The van der Waals surface area contributed by atoms with Crippen LogP contribution in [-0.2, 0) is 11.3 Å². The van der Waals surface area contributed by atoms with E-state index in [2.05, 4.69) is 33.8 Å². The van der Waals surface area contributed by atoms with E-state index in [0.29, 0.717) is 18.5 Å². The molecule has 0 bridgehead atoms. The molecule has 0 aromatic carbocycles. The molecule has 0 aliphatic carbocycles. The SMILES string of the molecule is CC(=O)N1CCN(Cc2nnc(N3CCCC3)o2)CC1(C)C. The lowest BCUT2D eigenvalue weighted by Gasteiger charge is -2.46. The average Bonchev–Trinajstić information content (AvgIpc) is 3.07. The van der Waals surface area contributed by atoms with Gasteiger partial charge in [-0.2, -0.15) is 0 Å². The van der Waals surface area contributed by atoms with Gasteiger partial charge in [0.1, 0.15) is 0 Å². The molecule has 2 aliphatic heterocycles. The van der Waals surface area contributed by atoms with E-state index >= 15 is 0 Å². The number of hydrogen-bond donors (Lipinski definition) is 0. The summed E-state index contributed by atoms with van der Waals surface area (Å²) in [6.45, 7) is 10.9. The van der Waals surface area contributed by atoms with Gasteiger partial charge in [-0.15, -0.1) is 5.10 Å². The molecule has 7 nitrogen and oxygen atoms in total. The first-order valence-corrected chi connectivity index (χ1v) is 8.03. The van der Waals surface area contributed by atoms with E-state index in [1.807, 2.05) is 4.90 Å². The van der Waals surface area contributed by atoms with Gasteiger partial charge in [0, 0.05) is 45.2 Å². The third kappa shape index (κ3) is 3.09. The molecule has 0 N–H and O–H groups in total. The summed E-state index contributed by atoms with van der Waals surface area (Å²) >= 11 is 0. The maximum atomic E-state index is 11.7. The molecule has 3 heterocycles. The number of carbonyl (C=O) groups is 1. The van der Waals surface area contributed by atoms with Crippen molar-refractivity contribution >= 4 is 11.9 Å². The highest BCUT2D eigenvalue weighted by molar-refractivity contribution is 5.74. The van der Waals surface area contributed by atoms with Crippen molar-refractivity contribution < 1.29 is 9.21 Å². The Bertz CT molecular complexity index is 536. The van der Waals surface area contributed by atoms with Crippen molar-refractivity contribution in [3.05, 3.63) is 5.89 Å². The van der Waals surface area contributed by atoms with Crippen molar-refractivity contribution in [2.24, 2.45) is 0 Å².